The van der Waals surface area contributed by atoms with E-state index in [1.165, 1.54) is 5.57 Å². The first-order valence-electron chi connectivity index (χ1n) is 15.0. The minimum atomic E-state index is 0.242. The van der Waals surface area contributed by atoms with Crippen molar-refractivity contribution in [1.82, 2.24) is 21.3 Å². The Kier molecular flexibility index (Phi) is 26.1. The fourth-order valence-electron chi connectivity index (χ4n) is 3.87. The monoisotopic (exact) mass is 555 g/mol. The Morgan fingerprint density at radius 3 is 1.30 bits per heavy atom. The summed E-state index contributed by atoms with van der Waals surface area (Å²) in [6.45, 7) is 48.4. The van der Waals surface area contributed by atoms with Crippen molar-refractivity contribution in [3.8, 4) is 0 Å². The molecule has 4 unspecified atom stereocenters. The van der Waals surface area contributed by atoms with Crippen LogP contribution in [0.2, 0.25) is 0 Å². The van der Waals surface area contributed by atoms with Gasteiger partial charge < -0.3 is 21.3 Å². The van der Waals surface area contributed by atoms with Crippen LogP contribution in [0.3, 0.4) is 0 Å². The number of hydrogen-bond donors (Lipinski definition) is 4. The molecule has 0 saturated heterocycles. The Morgan fingerprint density at radius 1 is 0.575 bits per heavy atom. The van der Waals surface area contributed by atoms with E-state index in [0.717, 1.165) is 72.5 Å². The summed E-state index contributed by atoms with van der Waals surface area (Å²) in [6.07, 6.45) is 10.3. The fraction of sp³-hybridized carbons (Fsp3) is 0.556. The molecule has 0 bridgehead atoms. The minimum Gasteiger partial charge on any atom is -0.382 e. The Morgan fingerprint density at radius 2 is 0.975 bits per heavy atom. The van der Waals surface area contributed by atoms with Crippen LogP contribution in [0.4, 0.5) is 0 Å². The van der Waals surface area contributed by atoms with Gasteiger partial charge in [-0.3, -0.25) is 0 Å². The maximum absolute atomic E-state index is 4.09. The lowest BCUT2D eigenvalue weighted by atomic mass is 10.1. The van der Waals surface area contributed by atoms with Crippen molar-refractivity contribution in [2.45, 2.75) is 132 Å². The predicted molar refractivity (Wildman–Crippen MR) is 185 cm³/mol. The first-order chi connectivity index (χ1) is 18.6. The molecule has 4 heteroatoms. The van der Waals surface area contributed by atoms with Crippen LogP contribution in [-0.4, -0.2) is 24.2 Å². The van der Waals surface area contributed by atoms with E-state index in [1.54, 1.807) is 0 Å². The Hall–Kier alpha value is -2.88. The van der Waals surface area contributed by atoms with E-state index in [4.69, 9.17) is 0 Å². The van der Waals surface area contributed by atoms with Crippen LogP contribution >= 0.6 is 0 Å². The second-order valence-electron chi connectivity index (χ2n) is 10.6. The van der Waals surface area contributed by atoms with Gasteiger partial charge >= 0.3 is 0 Å². The molecule has 0 aromatic carbocycles. The second-order valence-corrected chi connectivity index (χ2v) is 10.6. The third kappa shape index (κ3) is 22.0. The fourth-order valence-corrected chi connectivity index (χ4v) is 3.87. The first-order valence-corrected chi connectivity index (χ1v) is 15.0. The molecule has 0 aromatic heterocycles. The van der Waals surface area contributed by atoms with Crippen LogP contribution in [0.1, 0.15) is 108 Å². The topological polar surface area (TPSA) is 48.1 Å². The average molecular weight is 555 g/mol. The van der Waals surface area contributed by atoms with Crippen LogP contribution in [0.5, 0.6) is 0 Å². The zero-order valence-electron chi connectivity index (χ0n) is 28.2. The molecule has 4 atom stereocenters. The molecule has 0 aliphatic heterocycles. The van der Waals surface area contributed by atoms with Crippen molar-refractivity contribution in [2.75, 3.05) is 0 Å². The third-order valence-electron chi connectivity index (χ3n) is 6.28. The van der Waals surface area contributed by atoms with E-state index < -0.39 is 0 Å². The van der Waals surface area contributed by atoms with Crippen molar-refractivity contribution in [3.05, 3.63) is 97.7 Å². The molecule has 4 nitrogen and oxygen atoms in total. The van der Waals surface area contributed by atoms with Gasteiger partial charge in [0, 0.05) is 40.9 Å². The van der Waals surface area contributed by atoms with Gasteiger partial charge in [0.05, 0.1) is 6.04 Å². The summed E-state index contributed by atoms with van der Waals surface area (Å²) in [7, 11) is 0. The summed E-state index contributed by atoms with van der Waals surface area (Å²) in [6, 6.07) is 1.32. The summed E-state index contributed by atoms with van der Waals surface area (Å²) in [5, 5.41) is 13.4. The van der Waals surface area contributed by atoms with Crippen molar-refractivity contribution >= 4 is 0 Å². The van der Waals surface area contributed by atoms with Crippen molar-refractivity contribution < 1.29 is 0 Å². The summed E-state index contributed by atoms with van der Waals surface area (Å²) in [5.41, 5.74) is 7.56. The summed E-state index contributed by atoms with van der Waals surface area (Å²) in [5.74, 6) is 0. The first kappa shape index (κ1) is 41.6. The molecule has 0 aromatic rings. The maximum Gasteiger partial charge on any atom is 0.0648 e. The van der Waals surface area contributed by atoms with E-state index in [9.17, 15) is 0 Å². The highest BCUT2D eigenvalue weighted by atomic mass is 15.0. The van der Waals surface area contributed by atoms with Gasteiger partial charge in [0.15, 0.2) is 0 Å². The highest BCUT2D eigenvalue weighted by Crippen LogP contribution is 2.10. The van der Waals surface area contributed by atoms with E-state index in [2.05, 4.69) is 109 Å². The van der Waals surface area contributed by atoms with Gasteiger partial charge in [0.25, 0.3) is 0 Å². The largest absolute Gasteiger partial charge is 0.382 e. The number of rotatable bonds is 19. The van der Waals surface area contributed by atoms with Gasteiger partial charge in [-0.1, -0.05) is 110 Å². The van der Waals surface area contributed by atoms with Gasteiger partial charge in [0.1, 0.15) is 0 Å². The minimum absolute atomic E-state index is 0.242. The zero-order valence-corrected chi connectivity index (χ0v) is 28.2. The number of allylic oxidation sites excluding steroid dienone is 4. The van der Waals surface area contributed by atoms with Gasteiger partial charge in [-0.15, -0.1) is 0 Å². The van der Waals surface area contributed by atoms with E-state index in [0.29, 0.717) is 18.1 Å². The molecular weight excluding hydrogens is 488 g/mol. The lowest BCUT2D eigenvalue weighted by Crippen LogP contribution is -2.39. The van der Waals surface area contributed by atoms with Crippen molar-refractivity contribution in [1.29, 1.82) is 0 Å². The quantitative estimate of drug-likeness (QED) is 0.0948. The van der Waals surface area contributed by atoms with Crippen LogP contribution in [-0.2, 0) is 0 Å². The number of hydrogen-bond acceptors (Lipinski definition) is 4. The molecule has 0 fully saturated rings. The normalized spacial score (nSPS) is 13.1. The molecule has 0 aliphatic carbocycles. The van der Waals surface area contributed by atoms with Crippen molar-refractivity contribution in [2.24, 2.45) is 0 Å². The SMILES string of the molecule is C=C(C)NC(CC)C(=C)NC(CC)C(=C)C.C=C(C=CC)NC(CC)C(=C)C.C=C(CCC)NC(CC)C(=C)C. The molecule has 40 heavy (non-hydrogen) atoms. The van der Waals surface area contributed by atoms with E-state index in [1.807, 2.05) is 39.8 Å². The maximum atomic E-state index is 4.09. The molecule has 0 amide bonds. The molecule has 0 spiro atoms. The smallest absolute Gasteiger partial charge is 0.0648 e. The molecule has 4 N–H and O–H groups in total. The molecular formula is C36H66N4. The van der Waals surface area contributed by atoms with E-state index >= 15 is 0 Å². The third-order valence-corrected chi connectivity index (χ3v) is 6.28. The van der Waals surface area contributed by atoms with Gasteiger partial charge in [0.2, 0.25) is 0 Å². The molecule has 0 rings (SSSR count). The van der Waals surface area contributed by atoms with Crippen LogP contribution in [0.15, 0.2) is 97.7 Å². The Bertz CT molecular complexity index is 830. The lowest BCUT2D eigenvalue weighted by Gasteiger charge is -2.26. The summed E-state index contributed by atoms with van der Waals surface area (Å²) >= 11 is 0. The molecule has 0 aliphatic rings. The van der Waals surface area contributed by atoms with Gasteiger partial charge in [-0.2, -0.15) is 0 Å². The standard InChI is InChI=1S/C14H26N2.C11H21N.C11H19N/c1-8-13(10(3)4)16-12(7)14(9-2)15-11(5)6;2*1-6-8-10(5)12-11(7-2)9(3)4/h13-16H,3,5,7-9H2,1-2,4,6H3;11-12H,3,5-8H2,1-2,4H3;6,8,11-12H,3,5,7H2,1-2,4H3. The van der Waals surface area contributed by atoms with Crippen LogP contribution < -0.4 is 21.3 Å². The lowest BCUT2D eigenvalue weighted by molar-refractivity contribution is 0.530. The Balaban J connectivity index is -0.000000522. The molecule has 0 radical (unpaired) electrons. The van der Waals surface area contributed by atoms with Gasteiger partial charge in [-0.05, 0) is 72.8 Å². The van der Waals surface area contributed by atoms with Crippen LogP contribution in [0, 0.1) is 0 Å². The number of nitrogens with one attached hydrogen (secondary N) is 4. The van der Waals surface area contributed by atoms with Gasteiger partial charge in [-0.25, -0.2) is 0 Å². The highest BCUT2D eigenvalue weighted by Gasteiger charge is 2.14. The molecule has 230 valence electrons. The average Bonchev–Trinajstić information content (AvgIpc) is 2.87. The molecule has 0 saturated carbocycles. The predicted octanol–water partition coefficient (Wildman–Crippen LogP) is 9.61. The summed E-state index contributed by atoms with van der Waals surface area (Å²) in [4.78, 5) is 0. The zero-order chi connectivity index (χ0) is 31.8. The van der Waals surface area contributed by atoms with E-state index in [-0.39, 0.29) is 6.04 Å². The second kappa shape index (κ2) is 25.1. The van der Waals surface area contributed by atoms with Crippen LogP contribution in [0.25, 0.3) is 0 Å². The highest BCUT2D eigenvalue weighted by molar-refractivity contribution is 5.16. The Labute approximate surface area is 250 Å². The van der Waals surface area contributed by atoms with Crippen molar-refractivity contribution in [3.63, 3.8) is 0 Å². The molecule has 0 heterocycles. The summed E-state index contributed by atoms with van der Waals surface area (Å²) < 4.78 is 0.